The summed E-state index contributed by atoms with van der Waals surface area (Å²) in [5.41, 5.74) is 2.05. The summed E-state index contributed by atoms with van der Waals surface area (Å²) in [4.78, 5) is 18.7. The number of hydrogen-bond acceptors (Lipinski definition) is 4. The van der Waals surface area contributed by atoms with Gasteiger partial charge < -0.3 is 14.4 Å². The van der Waals surface area contributed by atoms with E-state index < -0.39 is 0 Å². The highest BCUT2D eigenvalue weighted by molar-refractivity contribution is 5.95. The van der Waals surface area contributed by atoms with Gasteiger partial charge >= 0.3 is 0 Å². The Hall–Kier alpha value is -2.40. The van der Waals surface area contributed by atoms with Crippen molar-refractivity contribution >= 4 is 5.91 Å². The smallest absolute Gasteiger partial charge is 0.253 e. The van der Waals surface area contributed by atoms with E-state index >= 15 is 0 Å². The zero-order valence-electron chi connectivity index (χ0n) is 14.4. The molecule has 1 amide bonds. The van der Waals surface area contributed by atoms with E-state index in [9.17, 15) is 4.79 Å². The Morgan fingerprint density at radius 2 is 2.12 bits per heavy atom. The molecule has 1 aromatic heterocycles. The number of carbonyl (C=O) groups is 1. The van der Waals surface area contributed by atoms with Gasteiger partial charge in [0.1, 0.15) is 5.75 Å². The van der Waals surface area contributed by atoms with Crippen LogP contribution in [-0.2, 0) is 11.2 Å². The third-order valence-corrected chi connectivity index (χ3v) is 5.15. The fraction of sp³-hybridized carbons (Fsp3) is 0.400. The fourth-order valence-corrected chi connectivity index (χ4v) is 3.85. The highest BCUT2D eigenvalue weighted by Crippen LogP contribution is 2.42. The van der Waals surface area contributed by atoms with Gasteiger partial charge in [-0.15, -0.1) is 0 Å². The summed E-state index contributed by atoms with van der Waals surface area (Å²) >= 11 is 0. The Bertz CT molecular complexity index is 739. The molecule has 5 heteroatoms. The number of hydrogen-bond donors (Lipinski definition) is 0. The maximum absolute atomic E-state index is 12.6. The molecular weight excluding hydrogens is 316 g/mol. The Kier molecular flexibility index (Phi) is 4.17. The predicted octanol–water partition coefficient (Wildman–Crippen LogP) is 2.56. The van der Waals surface area contributed by atoms with Gasteiger partial charge in [-0.25, -0.2) is 0 Å². The van der Waals surface area contributed by atoms with Crippen molar-refractivity contribution in [3.63, 3.8) is 0 Å². The van der Waals surface area contributed by atoms with Gasteiger partial charge in [-0.2, -0.15) is 0 Å². The molecule has 0 bridgehead atoms. The van der Waals surface area contributed by atoms with Crippen molar-refractivity contribution in [2.75, 3.05) is 26.8 Å². The number of aromatic nitrogens is 1. The molecular formula is C20H22N2O3. The Morgan fingerprint density at radius 1 is 1.32 bits per heavy atom. The number of amides is 1. The second-order valence-corrected chi connectivity index (χ2v) is 7.09. The standard InChI is InChI=1S/C20H22N2O3/c1-24-17-6-4-16(5-7-17)19(23)22-12-20(13-22)10-18(25-14-20)9-15-3-2-8-21-11-15/h2-8,11,18H,9-10,12-14H2,1H3. The van der Waals surface area contributed by atoms with E-state index in [1.807, 2.05) is 41.4 Å². The van der Waals surface area contributed by atoms with Gasteiger partial charge in [-0.1, -0.05) is 6.07 Å². The first-order valence-electron chi connectivity index (χ1n) is 8.61. The Labute approximate surface area is 147 Å². The van der Waals surface area contributed by atoms with E-state index in [2.05, 4.69) is 11.1 Å². The van der Waals surface area contributed by atoms with Gasteiger partial charge in [-0.05, 0) is 42.3 Å². The van der Waals surface area contributed by atoms with Crippen molar-refractivity contribution in [1.82, 2.24) is 9.88 Å². The molecule has 3 heterocycles. The highest BCUT2D eigenvalue weighted by atomic mass is 16.5. The van der Waals surface area contributed by atoms with Crippen molar-refractivity contribution in [2.24, 2.45) is 5.41 Å². The van der Waals surface area contributed by atoms with E-state index in [1.165, 1.54) is 5.56 Å². The van der Waals surface area contributed by atoms with Gasteiger partial charge in [0.15, 0.2) is 0 Å². The summed E-state index contributed by atoms with van der Waals surface area (Å²) in [5.74, 6) is 0.850. The average molecular weight is 338 g/mol. The van der Waals surface area contributed by atoms with Crippen LogP contribution in [0, 0.1) is 5.41 Å². The summed E-state index contributed by atoms with van der Waals surface area (Å²) in [6.45, 7) is 2.30. The first-order valence-corrected chi connectivity index (χ1v) is 8.61. The normalized spacial score (nSPS) is 21.2. The molecule has 2 aliphatic rings. The maximum atomic E-state index is 12.6. The lowest BCUT2D eigenvalue weighted by Gasteiger charge is -2.47. The van der Waals surface area contributed by atoms with Gasteiger partial charge in [-0.3, -0.25) is 9.78 Å². The molecule has 2 aromatic rings. The fourth-order valence-electron chi connectivity index (χ4n) is 3.85. The lowest BCUT2D eigenvalue weighted by Crippen LogP contribution is -2.58. The molecule has 2 fully saturated rings. The Morgan fingerprint density at radius 3 is 2.80 bits per heavy atom. The van der Waals surface area contributed by atoms with Gasteiger partial charge in [0, 0.05) is 42.9 Å². The second-order valence-electron chi connectivity index (χ2n) is 7.09. The van der Waals surface area contributed by atoms with Crippen LogP contribution in [0.4, 0.5) is 0 Å². The number of carbonyl (C=O) groups excluding carboxylic acids is 1. The predicted molar refractivity (Wildman–Crippen MR) is 93.6 cm³/mol. The first-order chi connectivity index (χ1) is 12.2. The SMILES string of the molecule is COc1ccc(C(=O)N2CC3(COC(Cc4cccnc4)C3)C2)cc1. The number of ether oxygens (including phenoxy) is 2. The minimum Gasteiger partial charge on any atom is -0.497 e. The molecule has 5 nitrogen and oxygen atoms in total. The summed E-state index contributed by atoms with van der Waals surface area (Å²) < 4.78 is 11.1. The van der Waals surface area contributed by atoms with Crippen LogP contribution < -0.4 is 4.74 Å². The topological polar surface area (TPSA) is 51.7 Å². The van der Waals surface area contributed by atoms with Crippen LogP contribution in [-0.4, -0.2) is 48.7 Å². The molecule has 1 unspecified atom stereocenters. The van der Waals surface area contributed by atoms with Gasteiger partial charge in [0.05, 0.1) is 19.8 Å². The summed E-state index contributed by atoms with van der Waals surface area (Å²) in [7, 11) is 1.62. The van der Waals surface area contributed by atoms with E-state index in [4.69, 9.17) is 9.47 Å². The molecule has 25 heavy (non-hydrogen) atoms. The van der Waals surface area contributed by atoms with Crippen LogP contribution in [0.1, 0.15) is 22.3 Å². The quantitative estimate of drug-likeness (QED) is 0.860. The molecule has 2 aliphatic heterocycles. The zero-order valence-corrected chi connectivity index (χ0v) is 14.4. The van der Waals surface area contributed by atoms with Gasteiger partial charge in [0.2, 0.25) is 0 Å². The number of nitrogens with zero attached hydrogens (tertiary/aromatic N) is 2. The summed E-state index contributed by atoms with van der Waals surface area (Å²) in [6, 6.07) is 11.3. The van der Waals surface area contributed by atoms with Crippen molar-refractivity contribution in [1.29, 1.82) is 0 Å². The average Bonchev–Trinajstić information content (AvgIpc) is 3.05. The van der Waals surface area contributed by atoms with Crippen molar-refractivity contribution in [3.8, 4) is 5.75 Å². The van der Waals surface area contributed by atoms with Crippen LogP contribution >= 0.6 is 0 Å². The third-order valence-electron chi connectivity index (χ3n) is 5.15. The second kappa shape index (κ2) is 6.48. The Balaban J connectivity index is 1.33. The molecule has 1 aromatic carbocycles. The third kappa shape index (κ3) is 3.24. The van der Waals surface area contributed by atoms with Crippen LogP contribution in [0.2, 0.25) is 0 Å². The molecule has 4 rings (SSSR count). The van der Waals surface area contributed by atoms with E-state index in [0.29, 0.717) is 5.56 Å². The van der Waals surface area contributed by atoms with Crippen LogP contribution in [0.25, 0.3) is 0 Å². The van der Waals surface area contributed by atoms with E-state index in [0.717, 1.165) is 38.3 Å². The van der Waals surface area contributed by atoms with Crippen LogP contribution in [0.5, 0.6) is 5.75 Å². The number of benzene rings is 1. The summed E-state index contributed by atoms with van der Waals surface area (Å²) in [5, 5.41) is 0. The van der Waals surface area contributed by atoms with Gasteiger partial charge in [0.25, 0.3) is 5.91 Å². The number of methoxy groups -OCH3 is 1. The van der Waals surface area contributed by atoms with Crippen molar-refractivity contribution in [2.45, 2.75) is 18.9 Å². The highest BCUT2D eigenvalue weighted by Gasteiger charge is 2.50. The van der Waals surface area contributed by atoms with Crippen LogP contribution in [0.15, 0.2) is 48.8 Å². The van der Waals surface area contributed by atoms with E-state index in [-0.39, 0.29) is 17.4 Å². The van der Waals surface area contributed by atoms with E-state index in [1.54, 1.807) is 13.3 Å². The largest absolute Gasteiger partial charge is 0.497 e. The molecule has 2 saturated heterocycles. The molecule has 1 spiro atoms. The van der Waals surface area contributed by atoms with Crippen molar-refractivity contribution < 1.29 is 14.3 Å². The minimum atomic E-state index is 0.0870. The first kappa shape index (κ1) is 16.1. The van der Waals surface area contributed by atoms with Crippen molar-refractivity contribution in [3.05, 3.63) is 59.9 Å². The van der Waals surface area contributed by atoms with Crippen LogP contribution in [0.3, 0.4) is 0 Å². The number of likely N-dealkylation sites (tertiary alicyclic amines) is 1. The molecule has 130 valence electrons. The number of rotatable bonds is 4. The summed E-state index contributed by atoms with van der Waals surface area (Å²) in [6.07, 6.45) is 5.81. The molecule has 0 radical (unpaired) electrons. The molecule has 0 saturated carbocycles. The maximum Gasteiger partial charge on any atom is 0.253 e. The monoisotopic (exact) mass is 338 g/mol. The lowest BCUT2D eigenvalue weighted by molar-refractivity contribution is -0.00134. The lowest BCUT2D eigenvalue weighted by atomic mass is 9.77. The zero-order chi connectivity index (χ0) is 17.3. The molecule has 0 N–H and O–H groups in total. The molecule has 0 aliphatic carbocycles. The minimum absolute atomic E-state index is 0.0870. The number of pyridine rings is 1. The molecule has 1 atom stereocenters.